The van der Waals surface area contributed by atoms with Crippen LogP contribution in [0.25, 0.3) is 0 Å². The average molecular weight is 324 g/mol. The number of ether oxygens (including phenoxy) is 1. The van der Waals surface area contributed by atoms with Gasteiger partial charge in [-0.05, 0) is 55.6 Å². The lowest BCUT2D eigenvalue weighted by Crippen LogP contribution is -2.43. The van der Waals surface area contributed by atoms with Crippen LogP contribution in [0.1, 0.15) is 30.4 Å². The number of anilines is 1. The molecule has 1 saturated heterocycles. The number of benzene rings is 2. The van der Waals surface area contributed by atoms with Gasteiger partial charge in [0, 0.05) is 5.69 Å². The van der Waals surface area contributed by atoms with Crippen molar-refractivity contribution in [2.45, 2.75) is 38.8 Å². The summed E-state index contributed by atoms with van der Waals surface area (Å²) in [6, 6.07) is 15.8. The highest BCUT2D eigenvalue weighted by Gasteiger charge is 2.20. The maximum atomic E-state index is 12.3. The highest BCUT2D eigenvalue weighted by atomic mass is 16.5. The zero-order chi connectivity index (χ0) is 16.8. The SMILES string of the molecule is Cc1cc(OCc2ccccc2)ccc1NC(=O)C1CCCCN1. The van der Waals surface area contributed by atoms with Gasteiger partial charge in [-0.25, -0.2) is 0 Å². The van der Waals surface area contributed by atoms with Crippen LogP contribution in [0, 0.1) is 6.92 Å². The predicted octanol–water partition coefficient (Wildman–Crippen LogP) is 3.65. The number of hydrogen-bond acceptors (Lipinski definition) is 3. The second-order valence-electron chi connectivity index (χ2n) is 6.24. The molecule has 126 valence electrons. The number of hydrogen-bond donors (Lipinski definition) is 2. The Balaban J connectivity index is 1.58. The summed E-state index contributed by atoms with van der Waals surface area (Å²) in [5.41, 5.74) is 2.99. The number of amides is 1. The van der Waals surface area contributed by atoms with Gasteiger partial charge in [-0.15, -0.1) is 0 Å². The van der Waals surface area contributed by atoms with Crippen molar-refractivity contribution in [1.82, 2.24) is 5.32 Å². The van der Waals surface area contributed by atoms with Crippen molar-refractivity contribution in [3.8, 4) is 5.75 Å². The van der Waals surface area contributed by atoms with Crippen molar-refractivity contribution in [3.63, 3.8) is 0 Å². The molecule has 4 nitrogen and oxygen atoms in total. The Kier molecular flexibility index (Phi) is 5.49. The molecule has 2 aromatic rings. The fraction of sp³-hybridized carbons (Fsp3) is 0.350. The maximum absolute atomic E-state index is 12.3. The fourth-order valence-electron chi connectivity index (χ4n) is 2.90. The van der Waals surface area contributed by atoms with Crippen molar-refractivity contribution in [2.75, 3.05) is 11.9 Å². The molecule has 2 N–H and O–H groups in total. The summed E-state index contributed by atoms with van der Waals surface area (Å²) < 4.78 is 5.82. The molecule has 0 aromatic heterocycles. The lowest BCUT2D eigenvalue weighted by molar-refractivity contribution is -0.118. The normalized spacial score (nSPS) is 17.3. The monoisotopic (exact) mass is 324 g/mol. The first-order valence-electron chi connectivity index (χ1n) is 8.54. The molecule has 4 heteroatoms. The summed E-state index contributed by atoms with van der Waals surface area (Å²) in [5.74, 6) is 0.862. The van der Waals surface area contributed by atoms with Gasteiger partial charge in [0.2, 0.25) is 5.91 Å². The lowest BCUT2D eigenvalue weighted by atomic mass is 10.0. The van der Waals surface area contributed by atoms with Crippen molar-refractivity contribution < 1.29 is 9.53 Å². The molecule has 1 atom stereocenters. The second-order valence-corrected chi connectivity index (χ2v) is 6.24. The van der Waals surface area contributed by atoms with Crippen LogP contribution in [0.15, 0.2) is 48.5 Å². The Morgan fingerprint density at radius 1 is 1.21 bits per heavy atom. The number of carbonyl (C=O) groups is 1. The number of carbonyl (C=O) groups excluding carboxylic acids is 1. The molecule has 1 amide bonds. The van der Waals surface area contributed by atoms with Gasteiger partial charge in [0.05, 0.1) is 6.04 Å². The van der Waals surface area contributed by atoms with Crippen LogP contribution in [0.2, 0.25) is 0 Å². The standard InChI is InChI=1S/C20H24N2O2/c1-15-13-17(24-14-16-7-3-2-4-8-16)10-11-18(15)22-20(23)19-9-5-6-12-21-19/h2-4,7-8,10-11,13,19,21H,5-6,9,12,14H2,1H3,(H,22,23). The van der Waals surface area contributed by atoms with Gasteiger partial charge in [-0.2, -0.15) is 0 Å². The molecule has 0 radical (unpaired) electrons. The Bertz CT molecular complexity index is 679. The minimum Gasteiger partial charge on any atom is -0.489 e. The molecule has 1 unspecified atom stereocenters. The van der Waals surface area contributed by atoms with Crippen LogP contribution >= 0.6 is 0 Å². The van der Waals surface area contributed by atoms with Crippen molar-refractivity contribution >= 4 is 11.6 Å². The second kappa shape index (κ2) is 7.97. The summed E-state index contributed by atoms with van der Waals surface area (Å²) in [4.78, 5) is 12.3. The topological polar surface area (TPSA) is 50.4 Å². The van der Waals surface area contributed by atoms with Gasteiger partial charge in [-0.1, -0.05) is 36.8 Å². The van der Waals surface area contributed by atoms with E-state index in [-0.39, 0.29) is 11.9 Å². The molecule has 0 spiro atoms. The highest BCUT2D eigenvalue weighted by Crippen LogP contribution is 2.23. The minimum absolute atomic E-state index is 0.0516. The van der Waals surface area contributed by atoms with E-state index in [4.69, 9.17) is 4.74 Å². The van der Waals surface area contributed by atoms with Gasteiger partial charge >= 0.3 is 0 Å². The van der Waals surface area contributed by atoms with E-state index in [2.05, 4.69) is 10.6 Å². The van der Waals surface area contributed by atoms with Gasteiger partial charge in [0.15, 0.2) is 0 Å². The molecule has 1 fully saturated rings. The molecule has 1 aliphatic rings. The zero-order valence-corrected chi connectivity index (χ0v) is 14.0. The molecule has 1 heterocycles. The molecule has 3 rings (SSSR count). The van der Waals surface area contributed by atoms with Gasteiger partial charge in [0.1, 0.15) is 12.4 Å². The molecule has 0 bridgehead atoms. The van der Waals surface area contributed by atoms with Crippen LogP contribution in [-0.4, -0.2) is 18.5 Å². The smallest absolute Gasteiger partial charge is 0.241 e. The number of nitrogens with one attached hydrogen (secondary N) is 2. The third-order valence-corrected chi connectivity index (χ3v) is 4.33. The van der Waals surface area contributed by atoms with Gasteiger partial charge in [0.25, 0.3) is 0 Å². The largest absolute Gasteiger partial charge is 0.489 e. The number of rotatable bonds is 5. The van der Waals surface area contributed by atoms with Crippen molar-refractivity contribution in [1.29, 1.82) is 0 Å². The van der Waals surface area contributed by atoms with Crippen molar-refractivity contribution in [3.05, 3.63) is 59.7 Å². The first kappa shape index (κ1) is 16.5. The Labute approximate surface area is 143 Å². The third kappa shape index (κ3) is 4.36. The van der Waals surface area contributed by atoms with E-state index < -0.39 is 0 Å². The van der Waals surface area contributed by atoms with Crippen LogP contribution in [0.4, 0.5) is 5.69 Å². The van der Waals surface area contributed by atoms with E-state index >= 15 is 0 Å². The highest BCUT2D eigenvalue weighted by molar-refractivity contribution is 5.95. The summed E-state index contributed by atoms with van der Waals surface area (Å²) >= 11 is 0. The summed E-state index contributed by atoms with van der Waals surface area (Å²) in [7, 11) is 0. The number of piperidine rings is 1. The van der Waals surface area contributed by atoms with Crippen LogP contribution in [0.5, 0.6) is 5.75 Å². The minimum atomic E-state index is -0.0767. The van der Waals surface area contributed by atoms with Crippen molar-refractivity contribution in [2.24, 2.45) is 0 Å². The lowest BCUT2D eigenvalue weighted by Gasteiger charge is -2.23. The number of aryl methyl sites for hydroxylation is 1. The molecule has 0 saturated carbocycles. The van der Waals surface area contributed by atoms with E-state index in [9.17, 15) is 4.79 Å². The molecule has 0 aliphatic carbocycles. The summed E-state index contributed by atoms with van der Waals surface area (Å²) in [5, 5.41) is 6.30. The Morgan fingerprint density at radius 2 is 2.04 bits per heavy atom. The first-order chi connectivity index (χ1) is 11.7. The molecular weight excluding hydrogens is 300 g/mol. The molecular formula is C20H24N2O2. The zero-order valence-electron chi connectivity index (χ0n) is 14.0. The van der Waals surface area contributed by atoms with Crippen LogP contribution in [-0.2, 0) is 11.4 Å². The van der Waals surface area contributed by atoms with Crippen LogP contribution in [0.3, 0.4) is 0 Å². The summed E-state index contributed by atoms with van der Waals surface area (Å²) in [6.07, 6.45) is 3.16. The van der Waals surface area contributed by atoms with E-state index in [1.165, 1.54) is 0 Å². The Hall–Kier alpha value is -2.33. The fourth-order valence-corrected chi connectivity index (χ4v) is 2.90. The molecule has 1 aliphatic heterocycles. The van der Waals surface area contributed by atoms with E-state index in [0.717, 1.165) is 48.4 Å². The van der Waals surface area contributed by atoms with Crippen LogP contribution < -0.4 is 15.4 Å². The summed E-state index contributed by atoms with van der Waals surface area (Å²) in [6.45, 7) is 3.45. The third-order valence-electron chi connectivity index (χ3n) is 4.33. The van der Waals surface area contributed by atoms with Gasteiger partial charge < -0.3 is 15.4 Å². The quantitative estimate of drug-likeness (QED) is 0.882. The Morgan fingerprint density at radius 3 is 2.75 bits per heavy atom. The predicted molar refractivity (Wildman–Crippen MR) is 96.2 cm³/mol. The van der Waals surface area contributed by atoms with E-state index in [1.807, 2.05) is 55.5 Å². The molecule has 24 heavy (non-hydrogen) atoms. The molecule has 2 aromatic carbocycles. The van der Waals surface area contributed by atoms with E-state index in [1.54, 1.807) is 0 Å². The first-order valence-corrected chi connectivity index (χ1v) is 8.54. The van der Waals surface area contributed by atoms with E-state index in [0.29, 0.717) is 6.61 Å². The van der Waals surface area contributed by atoms with Gasteiger partial charge in [-0.3, -0.25) is 4.79 Å². The maximum Gasteiger partial charge on any atom is 0.241 e. The average Bonchev–Trinajstić information content (AvgIpc) is 2.63.